The summed E-state index contributed by atoms with van der Waals surface area (Å²) >= 11 is 5.93. The van der Waals surface area contributed by atoms with E-state index in [1.165, 1.54) is 0 Å². The van der Waals surface area contributed by atoms with Gasteiger partial charge in [-0.3, -0.25) is 0 Å². The van der Waals surface area contributed by atoms with Gasteiger partial charge in [0.1, 0.15) is 11.3 Å². The first kappa shape index (κ1) is 9.36. The van der Waals surface area contributed by atoms with E-state index < -0.39 is 0 Å². The first-order chi connectivity index (χ1) is 5.77. The van der Waals surface area contributed by atoms with Gasteiger partial charge >= 0.3 is 0 Å². The summed E-state index contributed by atoms with van der Waals surface area (Å²) in [5.41, 5.74) is 0.913. The molecule has 0 aliphatic heterocycles. The molecule has 1 unspecified atom stereocenters. The molecule has 1 aromatic rings. The molecular formula is C9H12ClNO. The highest BCUT2D eigenvalue weighted by Crippen LogP contribution is 2.19. The second-order valence-corrected chi connectivity index (χ2v) is 2.86. The summed E-state index contributed by atoms with van der Waals surface area (Å²) in [5.74, 6) is 0.846. The third-order valence-electron chi connectivity index (χ3n) is 1.66. The number of nitrogens with one attached hydrogen (secondary N) is 1. The lowest BCUT2D eigenvalue weighted by Crippen LogP contribution is -2.09. The van der Waals surface area contributed by atoms with E-state index in [1.54, 1.807) is 7.11 Å². The molecule has 1 rings (SSSR count). The van der Waals surface area contributed by atoms with Crippen molar-refractivity contribution in [3.8, 4) is 5.75 Å². The van der Waals surface area contributed by atoms with Gasteiger partial charge in [0, 0.05) is 0 Å². The SMILES string of the molecule is CNC(Cl)c1ccc(OC)cc1. The Hall–Kier alpha value is -0.730. The van der Waals surface area contributed by atoms with Crippen LogP contribution in [0.15, 0.2) is 24.3 Å². The minimum atomic E-state index is -0.129. The average molecular weight is 186 g/mol. The molecule has 0 fully saturated rings. The molecule has 1 atom stereocenters. The number of halogens is 1. The molecule has 1 N–H and O–H groups in total. The number of alkyl halides is 1. The second kappa shape index (κ2) is 4.33. The summed E-state index contributed by atoms with van der Waals surface area (Å²) in [5, 5.41) is 2.94. The standard InChI is InChI=1S/C9H12ClNO/c1-11-9(10)7-3-5-8(12-2)6-4-7/h3-6,9,11H,1-2H3. The number of benzene rings is 1. The van der Waals surface area contributed by atoms with Crippen LogP contribution >= 0.6 is 11.6 Å². The van der Waals surface area contributed by atoms with Gasteiger partial charge in [-0.2, -0.15) is 0 Å². The molecule has 2 nitrogen and oxygen atoms in total. The van der Waals surface area contributed by atoms with E-state index in [2.05, 4.69) is 5.32 Å². The summed E-state index contributed by atoms with van der Waals surface area (Å²) in [7, 11) is 3.47. The van der Waals surface area contributed by atoms with Gasteiger partial charge in [-0.05, 0) is 24.7 Å². The Morgan fingerprint density at radius 3 is 2.33 bits per heavy atom. The highest BCUT2D eigenvalue weighted by molar-refractivity contribution is 6.20. The number of hydrogen-bond acceptors (Lipinski definition) is 2. The Kier molecular flexibility index (Phi) is 3.38. The molecule has 0 bridgehead atoms. The topological polar surface area (TPSA) is 21.3 Å². The molecule has 3 heteroatoms. The predicted octanol–water partition coefficient (Wildman–Crippen LogP) is 2.15. The summed E-state index contributed by atoms with van der Waals surface area (Å²) < 4.78 is 5.02. The fraction of sp³-hybridized carbons (Fsp3) is 0.333. The van der Waals surface area contributed by atoms with Gasteiger partial charge in [-0.15, -0.1) is 11.6 Å². The van der Waals surface area contributed by atoms with Gasteiger partial charge in [0.05, 0.1) is 7.11 Å². The van der Waals surface area contributed by atoms with E-state index in [0.717, 1.165) is 11.3 Å². The second-order valence-electron chi connectivity index (χ2n) is 2.42. The van der Waals surface area contributed by atoms with E-state index in [-0.39, 0.29) is 5.50 Å². The van der Waals surface area contributed by atoms with Crippen LogP contribution in [0.25, 0.3) is 0 Å². The molecule has 0 aromatic heterocycles. The molecule has 0 saturated heterocycles. The van der Waals surface area contributed by atoms with Gasteiger partial charge in [0.2, 0.25) is 0 Å². The van der Waals surface area contributed by atoms with Gasteiger partial charge in [0.15, 0.2) is 0 Å². The Labute approximate surface area is 77.5 Å². The van der Waals surface area contributed by atoms with Crippen molar-refractivity contribution in [1.29, 1.82) is 0 Å². The number of ether oxygens (including phenoxy) is 1. The van der Waals surface area contributed by atoms with Gasteiger partial charge in [-0.25, -0.2) is 0 Å². The molecule has 0 spiro atoms. The van der Waals surface area contributed by atoms with Crippen LogP contribution in [0.1, 0.15) is 11.1 Å². The van der Waals surface area contributed by atoms with Crippen LogP contribution in [0, 0.1) is 0 Å². The molecule has 12 heavy (non-hydrogen) atoms. The zero-order valence-corrected chi connectivity index (χ0v) is 7.93. The van der Waals surface area contributed by atoms with Crippen LogP contribution in [0.3, 0.4) is 0 Å². The van der Waals surface area contributed by atoms with Crippen molar-refractivity contribution >= 4 is 11.6 Å². The van der Waals surface area contributed by atoms with Crippen molar-refractivity contribution < 1.29 is 4.74 Å². The zero-order chi connectivity index (χ0) is 8.97. The molecule has 0 heterocycles. The van der Waals surface area contributed by atoms with Gasteiger partial charge in [0.25, 0.3) is 0 Å². The lowest BCUT2D eigenvalue weighted by Gasteiger charge is -2.08. The first-order valence-corrected chi connectivity index (χ1v) is 4.17. The van der Waals surface area contributed by atoms with Crippen LogP contribution in [-0.4, -0.2) is 14.2 Å². The van der Waals surface area contributed by atoms with E-state index >= 15 is 0 Å². The van der Waals surface area contributed by atoms with Crippen LogP contribution < -0.4 is 10.1 Å². The van der Waals surface area contributed by atoms with Crippen LogP contribution in [0.2, 0.25) is 0 Å². The Morgan fingerprint density at radius 2 is 1.92 bits per heavy atom. The Bertz CT molecular complexity index is 235. The van der Waals surface area contributed by atoms with Crippen molar-refractivity contribution in [1.82, 2.24) is 5.32 Å². The molecule has 0 aliphatic carbocycles. The van der Waals surface area contributed by atoms with E-state index in [9.17, 15) is 0 Å². The molecular weight excluding hydrogens is 174 g/mol. The highest BCUT2D eigenvalue weighted by Gasteiger charge is 2.03. The fourth-order valence-corrected chi connectivity index (χ4v) is 1.09. The van der Waals surface area contributed by atoms with Crippen molar-refractivity contribution in [2.75, 3.05) is 14.2 Å². The zero-order valence-electron chi connectivity index (χ0n) is 7.17. The van der Waals surface area contributed by atoms with Crippen LogP contribution in [-0.2, 0) is 0 Å². The Balaban J connectivity index is 2.77. The summed E-state index contributed by atoms with van der Waals surface area (Å²) in [6.45, 7) is 0. The lowest BCUT2D eigenvalue weighted by atomic mass is 10.2. The molecule has 0 aliphatic rings. The first-order valence-electron chi connectivity index (χ1n) is 3.73. The van der Waals surface area contributed by atoms with Crippen molar-refractivity contribution in [3.63, 3.8) is 0 Å². The lowest BCUT2D eigenvalue weighted by molar-refractivity contribution is 0.414. The maximum Gasteiger partial charge on any atom is 0.118 e. The van der Waals surface area contributed by atoms with Gasteiger partial charge < -0.3 is 10.1 Å². The molecule has 0 saturated carbocycles. The maximum absolute atomic E-state index is 5.93. The minimum Gasteiger partial charge on any atom is -0.497 e. The molecule has 66 valence electrons. The van der Waals surface area contributed by atoms with Gasteiger partial charge in [-0.1, -0.05) is 12.1 Å². The normalized spacial score (nSPS) is 12.6. The van der Waals surface area contributed by atoms with Crippen molar-refractivity contribution in [3.05, 3.63) is 29.8 Å². The number of hydrogen-bond donors (Lipinski definition) is 1. The third-order valence-corrected chi connectivity index (χ3v) is 2.13. The highest BCUT2D eigenvalue weighted by atomic mass is 35.5. The van der Waals surface area contributed by atoms with Crippen molar-refractivity contribution in [2.24, 2.45) is 0 Å². The Morgan fingerprint density at radius 1 is 1.33 bits per heavy atom. The number of rotatable bonds is 3. The summed E-state index contributed by atoms with van der Waals surface area (Å²) in [6, 6.07) is 7.66. The van der Waals surface area contributed by atoms with Crippen LogP contribution in [0.5, 0.6) is 5.75 Å². The van der Waals surface area contributed by atoms with E-state index in [1.807, 2.05) is 31.3 Å². The van der Waals surface area contributed by atoms with E-state index in [4.69, 9.17) is 16.3 Å². The summed E-state index contributed by atoms with van der Waals surface area (Å²) in [6.07, 6.45) is 0. The minimum absolute atomic E-state index is 0.129. The predicted molar refractivity (Wildman–Crippen MR) is 50.6 cm³/mol. The van der Waals surface area contributed by atoms with E-state index in [0.29, 0.717) is 0 Å². The summed E-state index contributed by atoms with van der Waals surface area (Å²) in [4.78, 5) is 0. The van der Waals surface area contributed by atoms with Crippen LogP contribution in [0.4, 0.5) is 0 Å². The largest absolute Gasteiger partial charge is 0.497 e. The fourth-order valence-electron chi connectivity index (χ4n) is 0.940. The monoisotopic (exact) mass is 185 g/mol. The third kappa shape index (κ3) is 2.13. The maximum atomic E-state index is 5.93. The average Bonchev–Trinajstić information content (AvgIpc) is 2.17. The smallest absolute Gasteiger partial charge is 0.118 e. The molecule has 0 amide bonds. The van der Waals surface area contributed by atoms with Crippen molar-refractivity contribution in [2.45, 2.75) is 5.50 Å². The molecule has 1 aromatic carbocycles. The quantitative estimate of drug-likeness (QED) is 0.576. The number of methoxy groups -OCH3 is 1. The molecule has 0 radical (unpaired) electrons.